The van der Waals surface area contributed by atoms with E-state index in [1.165, 1.54) is 12.3 Å². The fourth-order valence-corrected chi connectivity index (χ4v) is 1.69. The van der Waals surface area contributed by atoms with Crippen molar-refractivity contribution in [1.82, 2.24) is 4.98 Å². The van der Waals surface area contributed by atoms with Gasteiger partial charge in [0.25, 0.3) is 0 Å². The van der Waals surface area contributed by atoms with Crippen molar-refractivity contribution < 1.29 is 15.0 Å². The zero-order valence-electron chi connectivity index (χ0n) is 10.4. The predicted molar refractivity (Wildman–Crippen MR) is 71.4 cm³/mol. The Bertz CT molecular complexity index is 564. The average molecular weight is 258 g/mol. The van der Waals surface area contributed by atoms with Crippen LogP contribution in [0.15, 0.2) is 42.6 Å². The highest BCUT2D eigenvalue weighted by Crippen LogP contribution is 2.18. The molecule has 2 aromatic rings. The molecule has 0 saturated heterocycles. The fraction of sp³-hybridized carbons (Fsp3) is 0.143. The van der Waals surface area contributed by atoms with Crippen LogP contribution in [0, 0.1) is 0 Å². The highest BCUT2D eigenvalue weighted by molar-refractivity contribution is 5.87. The minimum atomic E-state index is -0.981. The van der Waals surface area contributed by atoms with Crippen molar-refractivity contribution in [2.24, 2.45) is 0 Å². The van der Waals surface area contributed by atoms with Gasteiger partial charge < -0.3 is 15.1 Å². The molecule has 0 aliphatic rings. The van der Waals surface area contributed by atoms with Gasteiger partial charge in [-0.1, -0.05) is 0 Å². The van der Waals surface area contributed by atoms with Crippen molar-refractivity contribution in [2.45, 2.75) is 6.54 Å². The molecular weight excluding hydrogens is 244 g/mol. The number of hydrogen-bond donors (Lipinski definition) is 2. The maximum atomic E-state index is 10.7. The summed E-state index contributed by atoms with van der Waals surface area (Å²) in [4.78, 5) is 16.8. The van der Waals surface area contributed by atoms with Crippen molar-refractivity contribution in [3.63, 3.8) is 0 Å². The third-order valence-corrected chi connectivity index (χ3v) is 2.76. The molecule has 0 aliphatic heterocycles. The molecule has 1 heterocycles. The van der Waals surface area contributed by atoms with Crippen molar-refractivity contribution in [3.05, 3.63) is 53.9 Å². The van der Waals surface area contributed by atoms with Crippen molar-refractivity contribution in [1.29, 1.82) is 0 Å². The highest BCUT2D eigenvalue weighted by atomic mass is 16.4. The summed E-state index contributed by atoms with van der Waals surface area (Å²) in [5, 5.41) is 18.0. The number of benzene rings is 1. The maximum Gasteiger partial charge on any atom is 0.337 e. The Morgan fingerprint density at radius 3 is 2.42 bits per heavy atom. The lowest BCUT2D eigenvalue weighted by molar-refractivity contribution is 0.0696. The number of carboxylic acid groups (broad SMARTS) is 1. The Labute approximate surface area is 110 Å². The largest absolute Gasteiger partial charge is 0.508 e. The second kappa shape index (κ2) is 5.39. The summed E-state index contributed by atoms with van der Waals surface area (Å²) in [5.41, 5.74) is 1.90. The number of carbonyl (C=O) groups is 1. The van der Waals surface area contributed by atoms with Crippen LogP contribution in [0.25, 0.3) is 0 Å². The molecule has 0 saturated carbocycles. The normalized spacial score (nSPS) is 10.2. The number of anilines is 1. The number of aromatic hydroxyl groups is 1. The summed E-state index contributed by atoms with van der Waals surface area (Å²) >= 11 is 0. The van der Waals surface area contributed by atoms with Crippen LogP contribution in [0.4, 0.5) is 5.69 Å². The number of aromatic carboxylic acids is 1. The van der Waals surface area contributed by atoms with Gasteiger partial charge in [-0.15, -0.1) is 0 Å². The molecule has 1 aromatic carbocycles. The number of rotatable bonds is 4. The smallest absolute Gasteiger partial charge is 0.337 e. The van der Waals surface area contributed by atoms with Gasteiger partial charge in [0.15, 0.2) is 0 Å². The lowest BCUT2D eigenvalue weighted by Gasteiger charge is -2.18. The topological polar surface area (TPSA) is 73.7 Å². The summed E-state index contributed by atoms with van der Waals surface area (Å²) in [6.07, 6.45) is 1.35. The molecule has 98 valence electrons. The van der Waals surface area contributed by atoms with E-state index in [1.807, 2.05) is 11.9 Å². The van der Waals surface area contributed by atoms with Crippen LogP contribution in [0.1, 0.15) is 16.1 Å². The summed E-state index contributed by atoms with van der Waals surface area (Å²) in [5.74, 6) is -0.757. The van der Waals surface area contributed by atoms with Crippen LogP contribution < -0.4 is 4.90 Å². The summed E-state index contributed by atoms with van der Waals surface area (Å²) in [7, 11) is 1.90. The van der Waals surface area contributed by atoms with Gasteiger partial charge in [-0.25, -0.2) is 4.79 Å². The quantitative estimate of drug-likeness (QED) is 0.878. The zero-order chi connectivity index (χ0) is 13.8. The number of hydrogen-bond acceptors (Lipinski definition) is 4. The molecule has 0 fully saturated rings. The molecule has 0 atom stereocenters. The number of nitrogens with zero attached hydrogens (tertiary/aromatic N) is 2. The Kier molecular flexibility index (Phi) is 3.66. The Morgan fingerprint density at radius 1 is 1.21 bits per heavy atom. The standard InChI is InChI=1S/C14H14N2O3/c1-16(12-4-6-13(17)7-5-12)9-11-3-2-10(8-15-11)14(18)19/h2-8,17H,9H2,1H3,(H,18,19). The van der Waals surface area contributed by atoms with E-state index in [-0.39, 0.29) is 11.3 Å². The lowest BCUT2D eigenvalue weighted by Crippen LogP contribution is -2.17. The molecule has 0 unspecified atom stereocenters. The van der Waals surface area contributed by atoms with E-state index in [2.05, 4.69) is 4.98 Å². The molecule has 19 heavy (non-hydrogen) atoms. The van der Waals surface area contributed by atoms with E-state index in [0.29, 0.717) is 6.54 Å². The van der Waals surface area contributed by atoms with Crippen LogP contribution in [0.2, 0.25) is 0 Å². The van der Waals surface area contributed by atoms with Gasteiger partial charge in [0.2, 0.25) is 0 Å². The first-order valence-electron chi connectivity index (χ1n) is 5.74. The van der Waals surface area contributed by atoms with Crippen LogP contribution >= 0.6 is 0 Å². The average Bonchev–Trinajstić information content (AvgIpc) is 2.40. The van der Waals surface area contributed by atoms with Gasteiger partial charge in [0.1, 0.15) is 5.75 Å². The van der Waals surface area contributed by atoms with E-state index >= 15 is 0 Å². The molecule has 2 N–H and O–H groups in total. The number of aromatic nitrogens is 1. The Balaban J connectivity index is 2.08. The Morgan fingerprint density at radius 2 is 1.89 bits per heavy atom. The molecule has 0 radical (unpaired) electrons. The second-order valence-corrected chi connectivity index (χ2v) is 4.22. The first kappa shape index (κ1) is 12.9. The van der Waals surface area contributed by atoms with Crippen LogP contribution in [0.3, 0.4) is 0 Å². The fourth-order valence-electron chi connectivity index (χ4n) is 1.69. The van der Waals surface area contributed by atoms with Gasteiger partial charge in [0, 0.05) is 18.9 Å². The monoisotopic (exact) mass is 258 g/mol. The third-order valence-electron chi connectivity index (χ3n) is 2.76. The molecule has 5 heteroatoms. The lowest BCUT2D eigenvalue weighted by atomic mass is 10.2. The van der Waals surface area contributed by atoms with E-state index in [4.69, 9.17) is 5.11 Å². The molecule has 0 bridgehead atoms. The molecule has 0 spiro atoms. The van der Waals surface area contributed by atoms with Gasteiger partial charge in [-0.3, -0.25) is 4.98 Å². The Hall–Kier alpha value is -2.56. The van der Waals surface area contributed by atoms with Crippen LogP contribution in [0.5, 0.6) is 5.75 Å². The van der Waals surface area contributed by atoms with Gasteiger partial charge >= 0.3 is 5.97 Å². The van der Waals surface area contributed by atoms with E-state index in [1.54, 1.807) is 30.3 Å². The zero-order valence-corrected chi connectivity index (χ0v) is 10.4. The molecule has 2 rings (SSSR count). The highest BCUT2D eigenvalue weighted by Gasteiger charge is 2.06. The van der Waals surface area contributed by atoms with Gasteiger partial charge in [0.05, 0.1) is 17.8 Å². The van der Waals surface area contributed by atoms with Crippen molar-refractivity contribution in [3.8, 4) is 5.75 Å². The summed E-state index contributed by atoms with van der Waals surface area (Å²) < 4.78 is 0. The number of phenolic OH excluding ortho intramolecular Hbond substituents is 1. The molecule has 1 aromatic heterocycles. The molecule has 0 aliphatic carbocycles. The number of carboxylic acids is 1. The van der Waals surface area contributed by atoms with Gasteiger partial charge in [-0.05, 0) is 36.4 Å². The molecular formula is C14H14N2O3. The van der Waals surface area contributed by atoms with E-state index in [9.17, 15) is 9.90 Å². The van der Waals surface area contributed by atoms with E-state index in [0.717, 1.165) is 11.4 Å². The van der Waals surface area contributed by atoms with Crippen LogP contribution in [-0.4, -0.2) is 28.2 Å². The first-order chi connectivity index (χ1) is 9.06. The van der Waals surface area contributed by atoms with E-state index < -0.39 is 5.97 Å². The van der Waals surface area contributed by atoms with Crippen LogP contribution in [-0.2, 0) is 6.54 Å². The number of pyridine rings is 1. The third kappa shape index (κ3) is 3.22. The maximum absolute atomic E-state index is 10.7. The minimum Gasteiger partial charge on any atom is -0.508 e. The van der Waals surface area contributed by atoms with Crippen molar-refractivity contribution in [2.75, 3.05) is 11.9 Å². The summed E-state index contributed by atoms with van der Waals surface area (Å²) in [6.45, 7) is 0.560. The van der Waals surface area contributed by atoms with Gasteiger partial charge in [-0.2, -0.15) is 0 Å². The van der Waals surface area contributed by atoms with Crippen molar-refractivity contribution >= 4 is 11.7 Å². The minimum absolute atomic E-state index is 0.177. The molecule has 5 nitrogen and oxygen atoms in total. The summed E-state index contributed by atoms with van der Waals surface area (Å²) in [6, 6.07) is 10.1. The SMILES string of the molecule is CN(Cc1ccc(C(=O)O)cn1)c1ccc(O)cc1. The first-order valence-corrected chi connectivity index (χ1v) is 5.74. The predicted octanol–water partition coefficient (Wildman–Crippen LogP) is 2.12. The number of phenols is 1. The molecule has 0 amide bonds. The second-order valence-electron chi connectivity index (χ2n) is 4.22.